The van der Waals surface area contributed by atoms with Crippen molar-refractivity contribution in [3.05, 3.63) is 65.2 Å². The Morgan fingerprint density at radius 2 is 1.88 bits per heavy atom. The van der Waals surface area contributed by atoms with Crippen molar-refractivity contribution in [2.75, 3.05) is 7.11 Å². The number of benzene rings is 2. The number of rotatable bonds is 8. The molecule has 0 saturated heterocycles. The molecule has 0 amide bonds. The van der Waals surface area contributed by atoms with Crippen molar-refractivity contribution < 1.29 is 19.4 Å². The Bertz CT molecular complexity index is 713. The number of aryl methyl sites for hydroxylation is 1. The fourth-order valence-electron chi connectivity index (χ4n) is 2.44. The molecule has 2 N–H and O–H groups in total. The first-order chi connectivity index (χ1) is 11.5. The highest BCUT2D eigenvalue weighted by Crippen LogP contribution is 2.19. The van der Waals surface area contributed by atoms with Crippen molar-refractivity contribution in [1.29, 1.82) is 0 Å². The summed E-state index contributed by atoms with van der Waals surface area (Å²) in [6.45, 7) is 2.24. The Morgan fingerprint density at radius 1 is 1.17 bits per heavy atom. The normalized spacial score (nSPS) is 11.8. The second-order valence-corrected chi connectivity index (χ2v) is 5.57. The number of methoxy groups -OCH3 is 1. The zero-order chi connectivity index (χ0) is 17.5. The van der Waals surface area contributed by atoms with Gasteiger partial charge in [-0.1, -0.05) is 30.3 Å². The highest BCUT2D eigenvalue weighted by atomic mass is 16.5. The Hall–Kier alpha value is -2.66. The minimum absolute atomic E-state index is 0.103. The van der Waals surface area contributed by atoms with E-state index in [1.807, 2.05) is 37.3 Å². The van der Waals surface area contributed by atoms with Gasteiger partial charge in [0, 0.05) is 18.5 Å². The second kappa shape index (κ2) is 8.26. The number of carboxylic acid groups (broad SMARTS) is 1. The van der Waals surface area contributed by atoms with E-state index in [-0.39, 0.29) is 12.2 Å². The lowest BCUT2D eigenvalue weighted by Gasteiger charge is -2.14. The maximum absolute atomic E-state index is 12.4. The Morgan fingerprint density at radius 3 is 2.46 bits per heavy atom. The fraction of sp³-hybridized carbons (Fsp3) is 0.263. The Labute approximate surface area is 141 Å². The van der Waals surface area contributed by atoms with Crippen molar-refractivity contribution in [1.82, 2.24) is 5.32 Å². The van der Waals surface area contributed by atoms with Crippen LogP contribution >= 0.6 is 0 Å². The lowest BCUT2D eigenvalue weighted by Crippen LogP contribution is -2.38. The van der Waals surface area contributed by atoms with Crippen LogP contribution in [0.15, 0.2) is 48.5 Å². The predicted molar refractivity (Wildman–Crippen MR) is 91.4 cm³/mol. The predicted octanol–water partition coefficient (Wildman–Crippen LogP) is 2.82. The van der Waals surface area contributed by atoms with E-state index in [4.69, 9.17) is 4.74 Å². The summed E-state index contributed by atoms with van der Waals surface area (Å²) in [5, 5.41) is 12.3. The molecular weight excluding hydrogens is 306 g/mol. The molecule has 5 heteroatoms. The van der Waals surface area contributed by atoms with Crippen molar-refractivity contribution in [3.63, 3.8) is 0 Å². The molecule has 126 valence electrons. The molecule has 0 fully saturated rings. The number of carbonyl (C=O) groups is 2. The molecule has 2 aromatic rings. The van der Waals surface area contributed by atoms with E-state index in [0.717, 1.165) is 11.1 Å². The number of hydrogen-bond donors (Lipinski definition) is 2. The first kappa shape index (κ1) is 17.7. The van der Waals surface area contributed by atoms with Crippen LogP contribution in [0.1, 0.15) is 27.9 Å². The van der Waals surface area contributed by atoms with Crippen molar-refractivity contribution in [2.24, 2.45) is 0 Å². The summed E-state index contributed by atoms with van der Waals surface area (Å²) in [7, 11) is 1.57. The summed E-state index contributed by atoms with van der Waals surface area (Å²) in [6, 6.07) is 13.6. The third kappa shape index (κ3) is 4.67. The van der Waals surface area contributed by atoms with Gasteiger partial charge in [0.15, 0.2) is 5.78 Å². The number of nitrogens with one attached hydrogen (secondary N) is 1. The van der Waals surface area contributed by atoms with E-state index in [1.165, 1.54) is 0 Å². The number of ether oxygens (including phenoxy) is 1. The molecule has 0 aromatic heterocycles. The zero-order valence-corrected chi connectivity index (χ0v) is 13.8. The number of hydrogen-bond acceptors (Lipinski definition) is 4. The van der Waals surface area contributed by atoms with Gasteiger partial charge in [-0.25, -0.2) is 0 Å². The molecule has 0 aliphatic heterocycles. The molecule has 0 saturated carbocycles. The SMILES string of the molecule is COc1ccc(C(=O)CC(NCc2ccccc2)C(=O)O)cc1C. The van der Waals surface area contributed by atoms with E-state index in [0.29, 0.717) is 17.9 Å². The van der Waals surface area contributed by atoms with Gasteiger partial charge in [0.1, 0.15) is 11.8 Å². The van der Waals surface area contributed by atoms with Crippen molar-refractivity contribution >= 4 is 11.8 Å². The zero-order valence-electron chi connectivity index (χ0n) is 13.8. The minimum Gasteiger partial charge on any atom is -0.496 e. The van der Waals surface area contributed by atoms with Crippen LogP contribution in [-0.4, -0.2) is 30.0 Å². The molecule has 0 aliphatic carbocycles. The molecule has 0 bridgehead atoms. The number of ketones is 1. The maximum atomic E-state index is 12.4. The summed E-state index contributed by atoms with van der Waals surface area (Å²) in [5.41, 5.74) is 2.30. The standard InChI is InChI=1S/C19H21NO4/c1-13-10-15(8-9-18(13)24-2)17(21)11-16(19(22)23)20-12-14-6-4-3-5-7-14/h3-10,16,20H,11-12H2,1-2H3,(H,22,23). The van der Waals surface area contributed by atoms with E-state index in [2.05, 4.69) is 5.32 Å². The maximum Gasteiger partial charge on any atom is 0.321 e. The summed E-state index contributed by atoms with van der Waals surface area (Å²) in [6.07, 6.45) is -0.103. The Balaban J connectivity index is 2.03. The van der Waals surface area contributed by atoms with Gasteiger partial charge in [0.05, 0.1) is 7.11 Å². The topological polar surface area (TPSA) is 75.6 Å². The number of aliphatic carboxylic acids is 1. The fourth-order valence-corrected chi connectivity index (χ4v) is 2.44. The summed E-state index contributed by atoms with van der Waals surface area (Å²) < 4.78 is 5.17. The van der Waals surface area contributed by atoms with Gasteiger partial charge in [0.25, 0.3) is 0 Å². The first-order valence-corrected chi connectivity index (χ1v) is 7.69. The molecule has 5 nitrogen and oxygen atoms in total. The van der Waals surface area contributed by atoms with E-state index in [9.17, 15) is 14.7 Å². The van der Waals surface area contributed by atoms with Gasteiger partial charge in [-0.15, -0.1) is 0 Å². The summed E-state index contributed by atoms with van der Waals surface area (Å²) in [4.78, 5) is 23.8. The van der Waals surface area contributed by atoms with Gasteiger partial charge in [-0.3, -0.25) is 14.9 Å². The van der Waals surface area contributed by atoms with Crippen LogP contribution in [0.25, 0.3) is 0 Å². The molecule has 0 heterocycles. The van der Waals surface area contributed by atoms with Gasteiger partial charge < -0.3 is 9.84 Å². The van der Waals surface area contributed by atoms with E-state index in [1.54, 1.807) is 25.3 Å². The number of Topliss-reactive ketones (excluding diaryl/α,β-unsaturated/α-hetero) is 1. The molecule has 0 aliphatic rings. The molecule has 2 rings (SSSR count). The van der Waals surface area contributed by atoms with E-state index >= 15 is 0 Å². The van der Waals surface area contributed by atoms with Crippen LogP contribution in [0.3, 0.4) is 0 Å². The van der Waals surface area contributed by atoms with Gasteiger partial charge in [0.2, 0.25) is 0 Å². The van der Waals surface area contributed by atoms with Crippen LogP contribution in [0.4, 0.5) is 0 Å². The monoisotopic (exact) mass is 327 g/mol. The largest absolute Gasteiger partial charge is 0.496 e. The highest BCUT2D eigenvalue weighted by molar-refractivity contribution is 5.99. The number of carbonyl (C=O) groups excluding carboxylic acids is 1. The lowest BCUT2D eigenvalue weighted by atomic mass is 10.0. The average molecular weight is 327 g/mol. The molecule has 1 atom stereocenters. The number of carboxylic acids is 1. The third-order valence-electron chi connectivity index (χ3n) is 3.80. The van der Waals surface area contributed by atoms with Crippen LogP contribution < -0.4 is 10.1 Å². The molecule has 0 radical (unpaired) electrons. The molecule has 1 unspecified atom stereocenters. The van der Waals surface area contributed by atoms with Crippen molar-refractivity contribution in [2.45, 2.75) is 25.9 Å². The van der Waals surface area contributed by atoms with Crippen LogP contribution in [0, 0.1) is 6.92 Å². The van der Waals surface area contributed by atoms with Gasteiger partial charge >= 0.3 is 5.97 Å². The highest BCUT2D eigenvalue weighted by Gasteiger charge is 2.21. The average Bonchev–Trinajstić information content (AvgIpc) is 2.58. The first-order valence-electron chi connectivity index (χ1n) is 7.69. The molecule has 2 aromatic carbocycles. The van der Waals surface area contributed by atoms with Gasteiger partial charge in [-0.05, 0) is 36.2 Å². The quantitative estimate of drug-likeness (QED) is 0.729. The van der Waals surface area contributed by atoms with E-state index < -0.39 is 12.0 Å². The lowest BCUT2D eigenvalue weighted by molar-refractivity contribution is -0.139. The third-order valence-corrected chi connectivity index (χ3v) is 3.80. The minimum atomic E-state index is -1.04. The van der Waals surface area contributed by atoms with Crippen LogP contribution in [-0.2, 0) is 11.3 Å². The Kier molecular flexibility index (Phi) is 6.09. The molecule has 24 heavy (non-hydrogen) atoms. The summed E-state index contributed by atoms with van der Waals surface area (Å²) in [5.74, 6) is -0.554. The molecular formula is C19H21NO4. The summed E-state index contributed by atoms with van der Waals surface area (Å²) >= 11 is 0. The van der Waals surface area contributed by atoms with Crippen LogP contribution in [0.2, 0.25) is 0 Å². The van der Waals surface area contributed by atoms with Crippen molar-refractivity contribution in [3.8, 4) is 5.75 Å². The second-order valence-electron chi connectivity index (χ2n) is 5.57. The smallest absolute Gasteiger partial charge is 0.321 e. The van der Waals surface area contributed by atoms with Crippen LogP contribution in [0.5, 0.6) is 5.75 Å². The van der Waals surface area contributed by atoms with Gasteiger partial charge in [-0.2, -0.15) is 0 Å². The molecule has 0 spiro atoms.